The van der Waals surface area contributed by atoms with Gasteiger partial charge in [-0.25, -0.2) is 0 Å². The van der Waals surface area contributed by atoms with Gasteiger partial charge in [-0.2, -0.15) is 10.4 Å². The van der Waals surface area contributed by atoms with Crippen molar-refractivity contribution < 1.29 is 0 Å². The van der Waals surface area contributed by atoms with Crippen molar-refractivity contribution in [3.8, 4) is 6.07 Å². The first-order chi connectivity index (χ1) is 10.7. The Morgan fingerprint density at radius 2 is 2.09 bits per heavy atom. The fourth-order valence-corrected chi connectivity index (χ4v) is 3.63. The largest absolute Gasteiger partial charge is 0.357 e. The molecule has 2 aromatic rings. The van der Waals surface area contributed by atoms with Crippen LogP contribution in [0.1, 0.15) is 30.7 Å². The van der Waals surface area contributed by atoms with Crippen LogP contribution in [0.25, 0.3) is 0 Å². The van der Waals surface area contributed by atoms with E-state index >= 15 is 0 Å². The third-order valence-corrected chi connectivity index (χ3v) is 4.82. The molecule has 22 heavy (non-hydrogen) atoms. The molecule has 0 aromatic carbocycles. The molecule has 0 saturated carbocycles. The van der Waals surface area contributed by atoms with Crippen LogP contribution in [0.4, 0.5) is 5.13 Å². The maximum Gasteiger partial charge on any atom is 0.206 e. The topological polar surface area (TPSA) is 87.4 Å². The van der Waals surface area contributed by atoms with E-state index in [0.717, 1.165) is 33.6 Å². The van der Waals surface area contributed by atoms with Crippen LogP contribution in [-0.2, 0) is 12.8 Å². The molecule has 0 aliphatic heterocycles. The Bertz CT molecular complexity index is 704. The predicted octanol–water partition coefficient (Wildman–Crippen LogP) is 3.07. The summed E-state index contributed by atoms with van der Waals surface area (Å²) in [5.41, 5.74) is 2.45. The average molecular weight is 332 g/mol. The van der Waals surface area contributed by atoms with Crippen molar-refractivity contribution in [3.05, 3.63) is 29.5 Å². The lowest BCUT2D eigenvalue weighted by atomic mass is 10.1. The van der Waals surface area contributed by atoms with Crippen molar-refractivity contribution in [1.29, 1.82) is 5.26 Å². The Hall–Kier alpha value is -1.98. The fraction of sp³-hybridized carbons (Fsp3) is 0.357. The molecule has 114 valence electrons. The van der Waals surface area contributed by atoms with Crippen LogP contribution in [0.15, 0.2) is 22.0 Å². The number of nitrogens with one attached hydrogen (secondary N) is 1. The SMILES string of the molecule is C=CCNc1nnc(Sc2nnc(CC)c(CC)c2C#N)s1. The second-order valence-corrected chi connectivity index (χ2v) is 6.48. The number of nitriles is 1. The van der Waals surface area contributed by atoms with E-state index in [4.69, 9.17) is 0 Å². The van der Waals surface area contributed by atoms with Crippen LogP contribution in [-0.4, -0.2) is 26.9 Å². The van der Waals surface area contributed by atoms with Crippen molar-refractivity contribution in [2.24, 2.45) is 0 Å². The van der Waals surface area contributed by atoms with E-state index < -0.39 is 0 Å². The Balaban J connectivity index is 2.28. The molecule has 0 fully saturated rings. The normalized spacial score (nSPS) is 10.2. The van der Waals surface area contributed by atoms with Gasteiger partial charge in [-0.15, -0.1) is 21.9 Å². The van der Waals surface area contributed by atoms with Gasteiger partial charge in [0.05, 0.1) is 11.3 Å². The summed E-state index contributed by atoms with van der Waals surface area (Å²) in [6.45, 7) is 8.31. The van der Waals surface area contributed by atoms with Gasteiger partial charge in [0, 0.05) is 6.54 Å². The quantitative estimate of drug-likeness (QED) is 0.779. The second-order valence-electron chi connectivity index (χ2n) is 4.27. The summed E-state index contributed by atoms with van der Waals surface area (Å²) in [4.78, 5) is 0. The molecule has 6 nitrogen and oxygen atoms in total. The first kappa shape index (κ1) is 16.4. The molecule has 0 atom stereocenters. The molecule has 2 rings (SSSR count). The van der Waals surface area contributed by atoms with Crippen LogP contribution in [0, 0.1) is 11.3 Å². The number of hydrogen-bond acceptors (Lipinski definition) is 8. The minimum atomic E-state index is 0.586. The minimum Gasteiger partial charge on any atom is -0.357 e. The molecule has 0 aliphatic rings. The zero-order chi connectivity index (χ0) is 15.9. The van der Waals surface area contributed by atoms with E-state index in [1.165, 1.54) is 23.1 Å². The highest BCUT2D eigenvalue weighted by Gasteiger charge is 2.17. The molecule has 2 heterocycles. The summed E-state index contributed by atoms with van der Waals surface area (Å²) in [7, 11) is 0. The molecule has 0 spiro atoms. The second kappa shape index (κ2) is 7.87. The standard InChI is InChI=1S/C14H16N6S2/c1-4-7-16-13-19-20-14(22-13)21-12-10(8-15)9(5-2)11(6-3)17-18-12/h4H,1,5-7H2,2-3H3,(H,16,19). The van der Waals surface area contributed by atoms with Gasteiger partial charge in [0.1, 0.15) is 11.1 Å². The fourth-order valence-electron chi connectivity index (χ4n) is 1.91. The predicted molar refractivity (Wildman–Crippen MR) is 88.2 cm³/mol. The van der Waals surface area contributed by atoms with Crippen molar-refractivity contribution in [1.82, 2.24) is 20.4 Å². The van der Waals surface area contributed by atoms with Gasteiger partial charge in [-0.3, -0.25) is 0 Å². The van der Waals surface area contributed by atoms with Gasteiger partial charge in [0.15, 0.2) is 4.34 Å². The summed E-state index contributed by atoms with van der Waals surface area (Å²) in [6.07, 6.45) is 3.28. The van der Waals surface area contributed by atoms with Crippen LogP contribution >= 0.6 is 23.1 Å². The third kappa shape index (κ3) is 3.61. The summed E-state index contributed by atoms with van der Waals surface area (Å²) in [5.74, 6) is 0. The molecule has 0 unspecified atom stereocenters. The highest BCUT2D eigenvalue weighted by Crippen LogP contribution is 2.33. The highest BCUT2D eigenvalue weighted by molar-refractivity contribution is 8.01. The molecular weight excluding hydrogens is 316 g/mol. The van der Waals surface area contributed by atoms with Gasteiger partial charge in [-0.05, 0) is 30.2 Å². The number of aromatic nitrogens is 4. The van der Waals surface area contributed by atoms with Crippen molar-refractivity contribution in [2.75, 3.05) is 11.9 Å². The van der Waals surface area contributed by atoms with Gasteiger partial charge < -0.3 is 5.32 Å². The number of hydrogen-bond donors (Lipinski definition) is 1. The minimum absolute atomic E-state index is 0.586. The van der Waals surface area contributed by atoms with Crippen LogP contribution in [0.3, 0.4) is 0 Å². The van der Waals surface area contributed by atoms with Gasteiger partial charge in [0.2, 0.25) is 5.13 Å². The summed E-state index contributed by atoms with van der Waals surface area (Å²) < 4.78 is 0.726. The number of rotatable bonds is 7. The molecular formula is C14H16N6S2. The van der Waals surface area contributed by atoms with Crippen LogP contribution in [0.2, 0.25) is 0 Å². The number of aryl methyl sites for hydroxylation is 1. The lowest BCUT2D eigenvalue weighted by molar-refractivity contribution is 0.817. The van der Waals surface area contributed by atoms with Crippen molar-refractivity contribution >= 4 is 28.2 Å². The molecule has 8 heteroatoms. The first-order valence-corrected chi connectivity index (χ1v) is 8.51. The molecule has 0 radical (unpaired) electrons. The number of nitrogens with zero attached hydrogens (tertiary/aromatic N) is 5. The lowest BCUT2D eigenvalue weighted by Gasteiger charge is -2.08. The summed E-state index contributed by atoms with van der Waals surface area (Å²) >= 11 is 2.74. The molecule has 0 amide bonds. The van der Waals surface area contributed by atoms with E-state index in [9.17, 15) is 5.26 Å². The Morgan fingerprint density at radius 1 is 1.27 bits per heavy atom. The lowest BCUT2D eigenvalue weighted by Crippen LogP contribution is -2.04. The zero-order valence-electron chi connectivity index (χ0n) is 12.5. The van der Waals surface area contributed by atoms with E-state index in [2.05, 4.69) is 38.4 Å². The van der Waals surface area contributed by atoms with Crippen molar-refractivity contribution in [3.63, 3.8) is 0 Å². The molecule has 0 aliphatic carbocycles. The maximum absolute atomic E-state index is 9.46. The maximum atomic E-state index is 9.46. The Kier molecular flexibility index (Phi) is 5.86. The monoisotopic (exact) mass is 332 g/mol. The first-order valence-electron chi connectivity index (χ1n) is 6.88. The van der Waals surface area contributed by atoms with E-state index in [1.54, 1.807) is 6.08 Å². The van der Waals surface area contributed by atoms with E-state index in [1.807, 2.05) is 13.8 Å². The van der Waals surface area contributed by atoms with Crippen LogP contribution in [0.5, 0.6) is 0 Å². The Labute approximate surface area is 137 Å². The number of anilines is 1. The van der Waals surface area contributed by atoms with E-state index in [0.29, 0.717) is 17.1 Å². The summed E-state index contributed by atoms with van der Waals surface area (Å²) in [6, 6.07) is 2.26. The Morgan fingerprint density at radius 3 is 2.73 bits per heavy atom. The third-order valence-electron chi connectivity index (χ3n) is 2.91. The zero-order valence-corrected chi connectivity index (χ0v) is 14.1. The molecule has 1 N–H and O–H groups in total. The molecule has 2 aromatic heterocycles. The van der Waals surface area contributed by atoms with E-state index in [-0.39, 0.29) is 0 Å². The van der Waals surface area contributed by atoms with Crippen molar-refractivity contribution in [2.45, 2.75) is 36.1 Å². The summed E-state index contributed by atoms with van der Waals surface area (Å²) in [5, 5.41) is 30.4. The van der Waals surface area contributed by atoms with Gasteiger partial charge in [0.25, 0.3) is 0 Å². The van der Waals surface area contributed by atoms with Gasteiger partial charge >= 0.3 is 0 Å². The van der Waals surface area contributed by atoms with Gasteiger partial charge in [-0.1, -0.05) is 31.3 Å². The average Bonchev–Trinajstić information content (AvgIpc) is 2.99. The highest BCUT2D eigenvalue weighted by atomic mass is 32.2. The smallest absolute Gasteiger partial charge is 0.206 e. The molecule has 0 bridgehead atoms. The molecule has 0 saturated heterocycles. The van der Waals surface area contributed by atoms with Crippen LogP contribution < -0.4 is 5.32 Å².